The molecule has 1 saturated heterocycles. The summed E-state index contributed by atoms with van der Waals surface area (Å²) in [5, 5.41) is 0. The highest BCUT2D eigenvalue weighted by Gasteiger charge is 2.43. The lowest BCUT2D eigenvalue weighted by Gasteiger charge is -2.21. The molecule has 164 valence electrons. The van der Waals surface area contributed by atoms with Gasteiger partial charge in [0.25, 0.3) is 5.91 Å². The van der Waals surface area contributed by atoms with Gasteiger partial charge in [0.1, 0.15) is 6.04 Å². The normalized spacial score (nSPS) is 16.7. The highest BCUT2D eigenvalue weighted by Crippen LogP contribution is 2.38. The van der Waals surface area contributed by atoms with Crippen molar-refractivity contribution in [3.8, 4) is 11.3 Å². The van der Waals surface area contributed by atoms with E-state index in [9.17, 15) is 22.8 Å². The van der Waals surface area contributed by atoms with Crippen LogP contribution in [0.25, 0.3) is 11.3 Å². The monoisotopic (exact) mass is 458 g/mol. The molecule has 1 atom stereocenters. The van der Waals surface area contributed by atoms with Crippen LogP contribution in [0.3, 0.4) is 0 Å². The van der Waals surface area contributed by atoms with E-state index in [-0.39, 0.29) is 28.9 Å². The number of imide groups is 1. The van der Waals surface area contributed by atoms with E-state index < -0.39 is 23.5 Å². The Balaban J connectivity index is 1.58. The van der Waals surface area contributed by atoms with Crippen molar-refractivity contribution in [1.82, 2.24) is 14.9 Å². The molecule has 3 amide bonds. The number of pyridine rings is 2. The molecule has 6 nitrogen and oxygen atoms in total. The molecule has 1 unspecified atom stereocenters. The fourth-order valence-electron chi connectivity index (χ4n) is 3.45. The first kappa shape index (κ1) is 21.8. The van der Waals surface area contributed by atoms with E-state index in [1.165, 1.54) is 29.2 Å². The smallest absolute Gasteiger partial charge is 0.308 e. The number of benzene rings is 1. The van der Waals surface area contributed by atoms with Crippen LogP contribution in [-0.4, -0.2) is 38.4 Å². The molecule has 10 heteroatoms. The minimum Gasteiger partial charge on any atom is -0.308 e. The van der Waals surface area contributed by atoms with E-state index in [2.05, 4.69) is 9.97 Å². The number of halogens is 3. The molecule has 1 fully saturated rings. The van der Waals surface area contributed by atoms with Crippen molar-refractivity contribution in [2.45, 2.75) is 29.9 Å². The third kappa shape index (κ3) is 4.45. The minimum absolute atomic E-state index is 0.0259. The number of aromatic nitrogens is 2. The number of hydrogen-bond acceptors (Lipinski definition) is 5. The van der Waals surface area contributed by atoms with Gasteiger partial charge in [0.05, 0.1) is 11.4 Å². The fourth-order valence-corrected chi connectivity index (χ4v) is 3.98. The number of nitrogens with zero attached hydrogens (tertiary/aromatic N) is 4. The summed E-state index contributed by atoms with van der Waals surface area (Å²) in [6.07, 6.45) is 4.91. The van der Waals surface area contributed by atoms with E-state index in [4.69, 9.17) is 0 Å². The first-order chi connectivity index (χ1) is 15.2. The Labute approximate surface area is 186 Å². The van der Waals surface area contributed by atoms with Crippen molar-refractivity contribution in [2.75, 3.05) is 4.90 Å². The summed E-state index contributed by atoms with van der Waals surface area (Å²) < 4.78 is 37.7. The average Bonchev–Trinajstić information content (AvgIpc) is 2.97. The summed E-state index contributed by atoms with van der Waals surface area (Å²) in [5.41, 5.74) is -1.99. The Morgan fingerprint density at radius 2 is 1.78 bits per heavy atom. The van der Waals surface area contributed by atoms with E-state index >= 15 is 0 Å². The van der Waals surface area contributed by atoms with E-state index in [0.717, 1.165) is 16.0 Å². The summed E-state index contributed by atoms with van der Waals surface area (Å²) in [4.78, 5) is 36.8. The number of carbonyl (C=O) groups excluding carboxylic acids is 2. The van der Waals surface area contributed by atoms with E-state index in [1.807, 2.05) is 12.1 Å². The zero-order valence-electron chi connectivity index (χ0n) is 16.8. The van der Waals surface area contributed by atoms with Gasteiger partial charge in [-0.15, -0.1) is 0 Å². The Morgan fingerprint density at radius 3 is 2.44 bits per heavy atom. The number of amides is 3. The van der Waals surface area contributed by atoms with Crippen molar-refractivity contribution >= 4 is 29.4 Å². The van der Waals surface area contributed by atoms with E-state index in [0.29, 0.717) is 5.69 Å². The number of hydrogen-bond donors (Lipinski definition) is 0. The van der Waals surface area contributed by atoms with Gasteiger partial charge in [-0.25, -0.2) is 9.69 Å². The summed E-state index contributed by atoms with van der Waals surface area (Å²) >= 11 is -0.255. The van der Waals surface area contributed by atoms with Crippen LogP contribution >= 0.6 is 11.8 Å². The van der Waals surface area contributed by atoms with Crippen LogP contribution < -0.4 is 4.90 Å². The standard InChI is InChI=1S/C22H17F3N4O2S/c1-14-20(30)29(16-5-7-17(8-6-16)32-22(23,24)25)21(31)28(14)13-15-9-11-26-12-18(15)19-4-2-3-10-27-19/h2-12,14H,13H2,1H3. The predicted octanol–water partition coefficient (Wildman–Crippen LogP) is 5.11. The first-order valence-corrected chi connectivity index (χ1v) is 10.4. The lowest BCUT2D eigenvalue weighted by Crippen LogP contribution is -2.33. The molecule has 1 aromatic carbocycles. The number of anilines is 1. The third-order valence-electron chi connectivity index (χ3n) is 5.00. The second-order valence-electron chi connectivity index (χ2n) is 7.05. The van der Waals surface area contributed by atoms with Gasteiger partial charge in [-0.2, -0.15) is 13.2 Å². The molecule has 0 bridgehead atoms. The first-order valence-electron chi connectivity index (χ1n) is 9.59. The molecule has 0 aliphatic carbocycles. The van der Waals surface area contributed by atoms with Gasteiger partial charge in [-0.3, -0.25) is 14.8 Å². The molecule has 1 aliphatic heterocycles. The van der Waals surface area contributed by atoms with Crippen molar-refractivity contribution in [3.05, 3.63) is 72.7 Å². The average molecular weight is 458 g/mol. The maximum Gasteiger partial charge on any atom is 0.446 e. The molecule has 0 radical (unpaired) electrons. The zero-order chi connectivity index (χ0) is 22.9. The van der Waals surface area contributed by atoms with Gasteiger partial charge in [0.2, 0.25) is 0 Å². The van der Waals surface area contributed by atoms with Gasteiger partial charge in [0, 0.05) is 35.6 Å². The number of urea groups is 1. The Kier molecular flexibility index (Phi) is 5.88. The van der Waals surface area contributed by atoms with Crippen molar-refractivity contribution in [2.24, 2.45) is 0 Å². The molecule has 3 heterocycles. The van der Waals surface area contributed by atoms with Gasteiger partial charge in [-0.05, 0) is 66.7 Å². The number of rotatable bonds is 5. The maximum absolute atomic E-state index is 13.1. The molecule has 0 N–H and O–H groups in total. The highest BCUT2D eigenvalue weighted by atomic mass is 32.2. The molecular weight excluding hydrogens is 441 g/mol. The number of alkyl halides is 3. The van der Waals surface area contributed by atoms with Crippen LogP contribution in [0.2, 0.25) is 0 Å². The number of carbonyl (C=O) groups is 2. The largest absolute Gasteiger partial charge is 0.446 e. The summed E-state index contributed by atoms with van der Waals surface area (Å²) in [6.45, 7) is 1.77. The summed E-state index contributed by atoms with van der Waals surface area (Å²) in [6, 6.07) is 11.1. The SMILES string of the molecule is CC1C(=O)N(c2ccc(SC(F)(F)F)cc2)C(=O)N1Cc1ccncc1-c1ccccn1. The van der Waals surface area contributed by atoms with E-state index in [1.54, 1.807) is 37.6 Å². The van der Waals surface area contributed by atoms with Gasteiger partial charge < -0.3 is 4.90 Å². The van der Waals surface area contributed by atoms with Crippen LogP contribution in [0.1, 0.15) is 12.5 Å². The molecule has 4 rings (SSSR count). The second kappa shape index (κ2) is 8.62. The van der Waals surface area contributed by atoms with Gasteiger partial charge >= 0.3 is 11.5 Å². The van der Waals surface area contributed by atoms with Crippen LogP contribution in [0, 0.1) is 0 Å². The Hall–Kier alpha value is -3.40. The van der Waals surface area contributed by atoms with Crippen LogP contribution in [0.15, 0.2) is 72.0 Å². The Morgan fingerprint density at radius 1 is 1.03 bits per heavy atom. The van der Waals surface area contributed by atoms with Crippen LogP contribution in [0.5, 0.6) is 0 Å². The minimum atomic E-state index is -4.41. The Bertz CT molecular complexity index is 1140. The summed E-state index contributed by atoms with van der Waals surface area (Å²) in [7, 11) is 0. The molecule has 32 heavy (non-hydrogen) atoms. The van der Waals surface area contributed by atoms with Crippen molar-refractivity contribution in [3.63, 3.8) is 0 Å². The van der Waals surface area contributed by atoms with Crippen molar-refractivity contribution < 1.29 is 22.8 Å². The molecule has 3 aromatic rings. The fraction of sp³-hybridized carbons (Fsp3) is 0.182. The number of thioether (sulfide) groups is 1. The van der Waals surface area contributed by atoms with Crippen molar-refractivity contribution in [1.29, 1.82) is 0 Å². The quantitative estimate of drug-likeness (QED) is 0.393. The lowest BCUT2D eigenvalue weighted by molar-refractivity contribution is -0.119. The maximum atomic E-state index is 13.1. The molecule has 0 saturated carbocycles. The van der Waals surface area contributed by atoms with Crippen LogP contribution in [0.4, 0.5) is 23.7 Å². The highest BCUT2D eigenvalue weighted by molar-refractivity contribution is 8.00. The third-order valence-corrected chi connectivity index (χ3v) is 5.74. The summed E-state index contributed by atoms with van der Waals surface area (Å²) in [5.74, 6) is -0.445. The predicted molar refractivity (Wildman–Crippen MR) is 114 cm³/mol. The van der Waals surface area contributed by atoms with Gasteiger partial charge in [-0.1, -0.05) is 6.07 Å². The lowest BCUT2D eigenvalue weighted by atomic mass is 10.1. The molecule has 2 aromatic heterocycles. The topological polar surface area (TPSA) is 66.4 Å². The second-order valence-corrected chi connectivity index (χ2v) is 8.19. The molecule has 0 spiro atoms. The zero-order valence-corrected chi connectivity index (χ0v) is 17.6. The molecule has 1 aliphatic rings. The molecular formula is C22H17F3N4O2S. The van der Waals surface area contributed by atoms with Gasteiger partial charge in [0.15, 0.2) is 0 Å². The van der Waals surface area contributed by atoms with Crippen LogP contribution in [-0.2, 0) is 11.3 Å².